The average Bonchev–Trinajstić information content (AvgIpc) is 3.41. The third-order valence-corrected chi connectivity index (χ3v) is 5.92. The zero-order valence-corrected chi connectivity index (χ0v) is 17.5. The van der Waals surface area contributed by atoms with E-state index in [1.165, 1.54) is 5.39 Å². The molecule has 1 aliphatic heterocycles. The van der Waals surface area contributed by atoms with Crippen LogP contribution in [0.1, 0.15) is 16.3 Å². The van der Waals surface area contributed by atoms with Gasteiger partial charge in [0.25, 0.3) is 0 Å². The summed E-state index contributed by atoms with van der Waals surface area (Å²) >= 11 is 1.60. The predicted molar refractivity (Wildman–Crippen MR) is 124 cm³/mol. The molecule has 3 N–H and O–H groups in total. The van der Waals surface area contributed by atoms with Crippen molar-refractivity contribution in [2.75, 3.05) is 36.4 Å². The fraction of sp³-hybridized carbons (Fsp3) is 0.227. The molecule has 0 aliphatic carbocycles. The molecule has 7 nitrogen and oxygen atoms in total. The van der Waals surface area contributed by atoms with Gasteiger partial charge in [-0.2, -0.15) is 0 Å². The van der Waals surface area contributed by atoms with Gasteiger partial charge in [-0.3, -0.25) is 0 Å². The van der Waals surface area contributed by atoms with E-state index in [-0.39, 0.29) is 0 Å². The maximum Gasteiger partial charge on any atom is 0.188 e. The first kappa shape index (κ1) is 18.8. The zero-order valence-electron chi connectivity index (χ0n) is 16.7. The number of nitrogens with zero attached hydrogens (tertiary/aromatic N) is 4. The molecule has 1 aliphatic rings. The molecule has 1 saturated heterocycles. The van der Waals surface area contributed by atoms with Gasteiger partial charge in [-0.25, -0.2) is 15.0 Å². The lowest BCUT2D eigenvalue weighted by Gasteiger charge is -2.28. The Kier molecular flexibility index (Phi) is 5.17. The van der Waals surface area contributed by atoms with Crippen molar-refractivity contribution in [3.05, 3.63) is 59.0 Å². The molecule has 1 aromatic carbocycles. The molecular formula is C22H23N7S. The van der Waals surface area contributed by atoms with Gasteiger partial charge in [0.2, 0.25) is 0 Å². The van der Waals surface area contributed by atoms with Crippen molar-refractivity contribution in [1.82, 2.24) is 25.3 Å². The van der Waals surface area contributed by atoms with Crippen LogP contribution in [0.15, 0.2) is 42.7 Å². The van der Waals surface area contributed by atoms with Crippen LogP contribution in [0.2, 0.25) is 0 Å². The lowest BCUT2D eigenvalue weighted by atomic mass is 10.1. The molecule has 0 amide bonds. The number of nitrogens with one attached hydrogen (secondary N) is 3. The minimum absolute atomic E-state index is 0.755. The van der Waals surface area contributed by atoms with Crippen LogP contribution in [0.3, 0.4) is 0 Å². The largest absolute Gasteiger partial charge is 0.361 e. The smallest absolute Gasteiger partial charge is 0.188 e. The molecule has 5 rings (SSSR count). The molecule has 0 bridgehead atoms. The highest BCUT2D eigenvalue weighted by atomic mass is 32.1. The van der Waals surface area contributed by atoms with E-state index >= 15 is 0 Å². The van der Waals surface area contributed by atoms with Crippen LogP contribution in [0.5, 0.6) is 0 Å². The van der Waals surface area contributed by atoms with E-state index in [0.717, 1.165) is 64.7 Å². The monoisotopic (exact) mass is 417 g/mol. The number of aromatic amines is 1. The van der Waals surface area contributed by atoms with Gasteiger partial charge in [0, 0.05) is 55.0 Å². The fourth-order valence-corrected chi connectivity index (χ4v) is 4.28. The van der Waals surface area contributed by atoms with Crippen LogP contribution in [0.4, 0.5) is 16.8 Å². The molecule has 0 radical (unpaired) electrons. The number of anilines is 3. The van der Waals surface area contributed by atoms with Crippen molar-refractivity contribution in [3.8, 4) is 0 Å². The lowest BCUT2D eigenvalue weighted by Crippen LogP contribution is -2.44. The Labute approximate surface area is 178 Å². The van der Waals surface area contributed by atoms with Gasteiger partial charge in [0.05, 0.1) is 0 Å². The van der Waals surface area contributed by atoms with Gasteiger partial charge in [-0.15, -0.1) is 0 Å². The van der Waals surface area contributed by atoms with Crippen molar-refractivity contribution in [2.45, 2.75) is 6.92 Å². The highest BCUT2D eigenvalue weighted by molar-refractivity contribution is 7.16. The van der Waals surface area contributed by atoms with Gasteiger partial charge in [0.15, 0.2) is 5.13 Å². The molecule has 30 heavy (non-hydrogen) atoms. The van der Waals surface area contributed by atoms with E-state index in [9.17, 15) is 0 Å². The molecule has 152 valence electrons. The number of benzene rings is 1. The van der Waals surface area contributed by atoms with Crippen molar-refractivity contribution < 1.29 is 0 Å². The second kappa shape index (κ2) is 8.25. The Bertz CT molecular complexity index is 1190. The summed E-state index contributed by atoms with van der Waals surface area (Å²) in [5, 5.41) is 8.74. The molecule has 0 saturated carbocycles. The van der Waals surface area contributed by atoms with Gasteiger partial charge in [-0.05, 0) is 42.1 Å². The SMILES string of the molecule is Cc1nc(Nc2ncc(C=Cc3ccc4[nH]ccc4c3)s2)cc(N2CCNCC2)n1. The Balaban J connectivity index is 1.30. The number of H-pyrrole nitrogens is 1. The summed E-state index contributed by atoms with van der Waals surface area (Å²) in [7, 11) is 0. The topological polar surface area (TPSA) is 81.8 Å². The minimum Gasteiger partial charge on any atom is -0.361 e. The molecule has 0 unspecified atom stereocenters. The maximum atomic E-state index is 4.60. The van der Waals surface area contributed by atoms with Crippen molar-refractivity contribution in [3.63, 3.8) is 0 Å². The minimum atomic E-state index is 0.755. The number of hydrogen-bond donors (Lipinski definition) is 3. The summed E-state index contributed by atoms with van der Waals surface area (Å²) in [6, 6.07) is 10.5. The fourth-order valence-electron chi connectivity index (χ4n) is 3.56. The first-order valence-corrected chi connectivity index (χ1v) is 10.8. The number of fused-ring (bicyclic) bond motifs is 1. The van der Waals surface area contributed by atoms with Gasteiger partial charge in [0.1, 0.15) is 17.5 Å². The number of aromatic nitrogens is 4. The Morgan fingerprint density at radius 1 is 1.10 bits per heavy atom. The Morgan fingerprint density at radius 2 is 2.00 bits per heavy atom. The summed E-state index contributed by atoms with van der Waals surface area (Å²) in [5.74, 6) is 2.49. The summed E-state index contributed by atoms with van der Waals surface area (Å²) in [6.07, 6.45) is 8.04. The number of piperazine rings is 1. The maximum absolute atomic E-state index is 4.60. The van der Waals surface area contributed by atoms with E-state index in [4.69, 9.17) is 0 Å². The van der Waals surface area contributed by atoms with E-state index in [1.54, 1.807) is 11.3 Å². The van der Waals surface area contributed by atoms with E-state index in [2.05, 4.69) is 71.9 Å². The highest BCUT2D eigenvalue weighted by Gasteiger charge is 2.14. The highest BCUT2D eigenvalue weighted by Crippen LogP contribution is 2.25. The van der Waals surface area contributed by atoms with Crippen molar-refractivity contribution >= 4 is 51.2 Å². The van der Waals surface area contributed by atoms with Crippen LogP contribution >= 0.6 is 11.3 Å². The van der Waals surface area contributed by atoms with Crippen LogP contribution in [0, 0.1) is 6.92 Å². The van der Waals surface area contributed by atoms with E-state index in [0.29, 0.717) is 0 Å². The van der Waals surface area contributed by atoms with Gasteiger partial charge in [-0.1, -0.05) is 23.5 Å². The predicted octanol–water partition coefficient (Wildman–Crippen LogP) is 4.05. The average molecular weight is 418 g/mol. The second-order valence-electron chi connectivity index (χ2n) is 7.25. The number of aryl methyl sites for hydroxylation is 1. The summed E-state index contributed by atoms with van der Waals surface area (Å²) in [6.45, 7) is 5.79. The second-order valence-corrected chi connectivity index (χ2v) is 8.31. The standard InChI is InChI=1S/C22H23N7S/c1-15-26-20(13-21(27-15)29-10-8-23-9-11-29)28-22-25-14-18(30-22)4-2-16-3-5-19-17(12-16)6-7-24-19/h2-7,12-14,23-24H,8-11H2,1H3,(H,25,26,27,28). The first-order chi connectivity index (χ1) is 14.7. The van der Waals surface area contributed by atoms with Gasteiger partial charge < -0.3 is 20.5 Å². The third kappa shape index (κ3) is 4.19. The molecule has 3 aromatic heterocycles. The van der Waals surface area contributed by atoms with Gasteiger partial charge >= 0.3 is 0 Å². The summed E-state index contributed by atoms with van der Waals surface area (Å²) in [5.41, 5.74) is 2.31. The first-order valence-electron chi connectivity index (χ1n) is 10.0. The molecule has 8 heteroatoms. The zero-order chi connectivity index (χ0) is 20.3. The molecule has 4 heterocycles. The number of thiazole rings is 1. The molecular weight excluding hydrogens is 394 g/mol. The quantitative estimate of drug-likeness (QED) is 0.455. The number of rotatable bonds is 5. The number of hydrogen-bond acceptors (Lipinski definition) is 7. The summed E-state index contributed by atoms with van der Waals surface area (Å²) in [4.78, 5) is 20.2. The molecule has 0 spiro atoms. The normalized spacial score (nSPS) is 14.6. The van der Waals surface area contributed by atoms with Crippen LogP contribution < -0.4 is 15.5 Å². The van der Waals surface area contributed by atoms with Crippen molar-refractivity contribution in [2.24, 2.45) is 0 Å². The Hall–Kier alpha value is -3.23. The Morgan fingerprint density at radius 3 is 2.90 bits per heavy atom. The van der Waals surface area contributed by atoms with E-state index in [1.807, 2.05) is 25.4 Å². The molecule has 1 fully saturated rings. The summed E-state index contributed by atoms with van der Waals surface area (Å²) < 4.78 is 0. The van der Waals surface area contributed by atoms with E-state index < -0.39 is 0 Å². The molecule has 0 atom stereocenters. The van der Waals surface area contributed by atoms with Crippen LogP contribution in [-0.4, -0.2) is 46.1 Å². The van der Waals surface area contributed by atoms with Crippen LogP contribution in [-0.2, 0) is 0 Å². The third-order valence-electron chi connectivity index (χ3n) is 5.04. The lowest BCUT2D eigenvalue weighted by molar-refractivity contribution is 0.584. The van der Waals surface area contributed by atoms with Crippen LogP contribution in [0.25, 0.3) is 23.1 Å². The van der Waals surface area contributed by atoms with Crippen molar-refractivity contribution in [1.29, 1.82) is 0 Å². The molecule has 4 aromatic rings.